The third-order valence-electron chi connectivity index (χ3n) is 0. The van der Waals surface area contributed by atoms with Crippen molar-refractivity contribution in [2.24, 2.45) is 0 Å². The summed E-state index contributed by atoms with van der Waals surface area (Å²) in [4.78, 5) is 6.99. The van der Waals surface area contributed by atoms with E-state index in [0.717, 1.165) is 0 Å². The Kier molecular flexibility index (Phi) is 29.8. The van der Waals surface area contributed by atoms with Gasteiger partial charge in [0.25, 0.3) is 0 Å². The van der Waals surface area contributed by atoms with E-state index in [4.69, 9.17) is 16.8 Å². The molecule has 6 heavy (non-hydrogen) atoms. The van der Waals surface area contributed by atoms with Crippen LogP contribution < -0.4 is 0 Å². The molecule has 0 fully saturated rings. The summed E-state index contributed by atoms with van der Waals surface area (Å²) in [5, 5.41) is 0. The molecule has 0 rings (SSSR count). The van der Waals surface area contributed by atoms with Crippen molar-refractivity contribution < 1.29 is 33.0 Å². The fourth-order valence-corrected chi connectivity index (χ4v) is 0. The van der Waals surface area contributed by atoms with Crippen LogP contribution in [0.3, 0.4) is 0 Å². The van der Waals surface area contributed by atoms with E-state index in [1.165, 1.54) is 0 Å². The molecular formula is HO4PV. The third-order valence-corrected chi connectivity index (χ3v) is 0. The van der Waals surface area contributed by atoms with Gasteiger partial charge in [-0.05, 0) is 0 Å². The summed E-state index contributed by atoms with van der Waals surface area (Å²) in [6.45, 7) is 0. The van der Waals surface area contributed by atoms with Gasteiger partial charge in [-0.1, -0.05) is 0 Å². The zero-order valence-electron chi connectivity index (χ0n) is 2.57. The topological polar surface area (TPSA) is 71.4 Å². The monoisotopic (exact) mass is 147 g/mol. The summed E-state index contributed by atoms with van der Waals surface area (Å²) in [5.74, 6) is 0. The van der Waals surface area contributed by atoms with Crippen molar-refractivity contribution in [2.75, 3.05) is 0 Å². The Morgan fingerprint density at radius 2 is 1.50 bits per heavy atom. The maximum absolute atomic E-state index is 8.47. The molecule has 35 valence electrons. The first kappa shape index (κ1) is 9.53. The molecule has 0 aliphatic rings. The van der Waals surface area contributed by atoms with Gasteiger partial charge in [-0.15, -0.1) is 0 Å². The molecular weight excluding hydrogens is 146 g/mol. The quantitative estimate of drug-likeness (QED) is 0.487. The van der Waals surface area contributed by atoms with Gasteiger partial charge >= 0.3 is 32.2 Å². The zero-order chi connectivity index (χ0) is 5.41. The van der Waals surface area contributed by atoms with Crippen LogP contribution in [0.15, 0.2) is 0 Å². The second-order valence-electron chi connectivity index (χ2n) is 0.156. The van der Waals surface area contributed by atoms with E-state index in [1.54, 1.807) is 0 Å². The fraction of sp³-hybridized carbons (Fsp3) is 0. The Bertz CT molecular complexity index is 52.6. The average molecular weight is 147 g/mol. The van der Waals surface area contributed by atoms with Gasteiger partial charge in [0.15, 0.2) is 0 Å². The molecule has 0 atom stereocenters. The number of hydrogen-bond donors (Lipinski definition) is 1. The SMILES string of the molecule is O=PO.[O]=[V]=[O]. The molecule has 0 amide bonds. The Balaban J connectivity index is 0. The summed E-state index contributed by atoms with van der Waals surface area (Å²) >= 11 is -1.81. The molecule has 4 nitrogen and oxygen atoms in total. The summed E-state index contributed by atoms with van der Waals surface area (Å²) in [6.07, 6.45) is 0. The van der Waals surface area contributed by atoms with Crippen LogP contribution in [0.4, 0.5) is 0 Å². The molecule has 0 saturated carbocycles. The minimum atomic E-state index is -1.81. The first-order chi connectivity index (χ1) is 2.83. The standard InChI is InChI=1S/HO2P.2O.V/c1-3-2;;;/h(H,1,2);;;. The molecule has 0 heterocycles. The van der Waals surface area contributed by atoms with E-state index in [-0.39, 0.29) is 0 Å². The van der Waals surface area contributed by atoms with Crippen LogP contribution in [-0.2, 0) is 28.1 Å². The van der Waals surface area contributed by atoms with Crippen molar-refractivity contribution in [3.8, 4) is 0 Å². The van der Waals surface area contributed by atoms with Crippen LogP contribution in [-0.4, -0.2) is 4.89 Å². The van der Waals surface area contributed by atoms with Crippen molar-refractivity contribution in [3.05, 3.63) is 0 Å². The molecule has 0 unspecified atom stereocenters. The Hall–Kier alpha value is 0.244. The Labute approximate surface area is 42.4 Å². The molecule has 1 N–H and O–H groups in total. The first-order valence-electron chi connectivity index (χ1n) is 0.748. The minimum absolute atomic E-state index is 0.833. The van der Waals surface area contributed by atoms with Crippen molar-refractivity contribution in [3.63, 3.8) is 0 Å². The molecule has 0 aliphatic carbocycles. The molecule has 0 bridgehead atoms. The normalized spacial score (nSPS) is 4.83. The van der Waals surface area contributed by atoms with Gasteiger partial charge in [0.05, 0.1) is 0 Å². The van der Waals surface area contributed by atoms with Crippen molar-refractivity contribution in [1.29, 1.82) is 0 Å². The average Bonchev–Trinajstić information content (AvgIpc) is 1.39. The zero-order valence-corrected chi connectivity index (χ0v) is 4.86. The second-order valence-corrected chi connectivity index (χ2v) is 0.552. The second kappa shape index (κ2) is 18.8. The number of rotatable bonds is 0. The van der Waals surface area contributed by atoms with Gasteiger partial charge in [0, 0.05) is 0 Å². The molecule has 0 aromatic carbocycles. The van der Waals surface area contributed by atoms with Crippen LogP contribution in [0.2, 0.25) is 0 Å². The summed E-state index contributed by atoms with van der Waals surface area (Å²) < 4.78 is 25.4. The van der Waals surface area contributed by atoms with E-state index >= 15 is 0 Å². The van der Waals surface area contributed by atoms with Gasteiger partial charge in [-0.25, -0.2) is 4.57 Å². The Morgan fingerprint density at radius 3 is 1.50 bits per heavy atom. The van der Waals surface area contributed by atoms with Gasteiger partial charge < -0.3 is 4.89 Å². The van der Waals surface area contributed by atoms with Crippen LogP contribution in [0, 0.1) is 0 Å². The van der Waals surface area contributed by atoms with E-state index in [2.05, 4.69) is 0 Å². The van der Waals surface area contributed by atoms with Crippen LogP contribution in [0.1, 0.15) is 0 Å². The maximum atomic E-state index is 8.47. The molecule has 0 aliphatic heterocycles. The first-order valence-corrected chi connectivity index (χ1v) is 2.65. The van der Waals surface area contributed by atoms with Crippen molar-refractivity contribution in [1.82, 2.24) is 0 Å². The Morgan fingerprint density at radius 1 is 1.50 bits per heavy atom. The van der Waals surface area contributed by atoms with Crippen molar-refractivity contribution in [2.45, 2.75) is 0 Å². The predicted octanol–water partition coefficient (Wildman–Crippen LogP) is -0.0547. The van der Waals surface area contributed by atoms with E-state index < -0.39 is 24.9 Å². The molecule has 0 radical (unpaired) electrons. The summed E-state index contributed by atoms with van der Waals surface area (Å²) in [6, 6.07) is 0. The van der Waals surface area contributed by atoms with Gasteiger partial charge in [0.1, 0.15) is 0 Å². The van der Waals surface area contributed by atoms with Crippen LogP contribution >= 0.6 is 8.69 Å². The van der Waals surface area contributed by atoms with Crippen LogP contribution in [0.25, 0.3) is 0 Å². The molecule has 6 heteroatoms. The van der Waals surface area contributed by atoms with Gasteiger partial charge in [-0.3, -0.25) is 0 Å². The van der Waals surface area contributed by atoms with Gasteiger partial charge in [-0.2, -0.15) is 0 Å². The van der Waals surface area contributed by atoms with E-state index in [1.807, 2.05) is 0 Å². The van der Waals surface area contributed by atoms with Crippen LogP contribution in [0.5, 0.6) is 0 Å². The van der Waals surface area contributed by atoms with E-state index in [0.29, 0.717) is 0 Å². The predicted molar refractivity (Wildman–Crippen MR) is 11.2 cm³/mol. The number of hydrogen-bond acceptors (Lipinski definition) is 3. The molecule has 0 aromatic rings. The van der Waals surface area contributed by atoms with E-state index in [9.17, 15) is 0 Å². The molecule has 0 spiro atoms. The third kappa shape index (κ3) is 748. The van der Waals surface area contributed by atoms with Gasteiger partial charge in [0.2, 0.25) is 0 Å². The summed E-state index contributed by atoms with van der Waals surface area (Å²) in [7, 11) is -0.833. The summed E-state index contributed by atoms with van der Waals surface area (Å²) in [5.41, 5.74) is 0. The molecule has 0 aromatic heterocycles. The van der Waals surface area contributed by atoms with Crippen molar-refractivity contribution >= 4 is 8.69 Å². The fourth-order valence-electron chi connectivity index (χ4n) is 0. The molecule has 0 saturated heterocycles.